The quantitative estimate of drug-likeness (QED) is 0.600. The lowest BCUT2D eigenvalue weighted by Gasteiger charge is -2.18. The fourth-order valence-corrected chi connectivity index (χ4v) is 4.46. The maximum Gasteiger partial charge on any atom is 0.419 e. The molecular weight excluding hydrogens is 448 g/mol. The third-order valence-electron chi connectivity index (χ3n) is 5.89. The number of benzene rings is 2. The first kappa shape index (κ1) is 24.0. The molecule has 0 spiro atoms. The van der Waals surface area contributed by atoms with Crippen LogP contribution in [0, 0.1) is 18.7 Å². The van der Waals surface area contributed by atoms with Gasteiger partial charge in [-0.3, -0.25) is 9.52 Å². The average molecular weight is 473 g/mol. The largest absolute Gasteiger partial charge is 0.419 e. The zero-order valence-corrected chi connectivity index (χ0v) is 18.8. The van der Waals surface area contributed by atoms with Gasteiger partial charge in [-0.2, -0.15) is 13.2 Å². The second-order valence-electron chi connectivity index (χ2n) is 8.55. The van der Waals surface area contributed by atoms with Crippen LogP contribution in [0.4, 0.5) is 23.2 Å². The Morgan fingerprint density at radius 2 is 1.84 bits per heavy atom. The van der Waals surface area contributed by atoms with Crippen molar-refractivity contribution in [3.05, 3.63) is 64.5 Å². The summed E-state index contributed by atoms with van der Waals surface area (Å²) < 4.78 is 77.6. The average Bonchev–Trinajstić information content (AvgIpc) is 3.34. The van der Waals surface area contributed by atoms with Gasteiger partial charge in [0.15, 0.2) is 0 Å². The van der Waals surface area contributed by atoms with E-state index >= 15 is 0 Å². The third-order valence-corrected chi connectivity index (χ3v) is 6.48. The van der Waals surface area contributed by atoms with Crippen molar-refractivity contribution in [2.24, 2.45) is 5.92 Å². The second-order valence-corrected chi connectivity index (χ2v) is 10.3. The van der Waals surface area contributed by atoms with Crippen LogP contribution in [0.15, 0.2) is 36.4 Å². The maximum absolute atomic E-state index is 14.0. The van der Waals surface area contributed by atoms with E-state index < -0.39 is 38.9 Å². The molecular formula is C22H24F4N2O3S. The van der Waals surface area contributed by atoms with E-state index in [1.54, 1.807) is 39.0 Å². The summed E-state index contributed by atoms with van der Waals surface area (Å²) in [5.41, 5.74) is 0.165. The summed E-state index contributed by atoms with van der Waals surface area (Å²) in [5, 5.41) is 2.88. The molecule has 1 aliphatic carbocycles. The molecule has 32 heavy (non-hydrogen) atoms. The van der Waals surface area contributed by atoms with Crippen molar-refractivity contribution in [3.63, 3.8) is 0 Å². The van der Waals surface area contributed by atoms with Crippen LogP contribution in [0.25, 0.3) is 0 Å². The number of alkyl halides is 3. The smallest absolute Gasteiger partial charge is 0.349 e. The van der Waals surface area contributed by atoms with Gasteiger partial charge in [-0.05, 0) is 55.2 Å². The number of aryl methyl sites for hydroxylation is 1. The predicted molar refractivity (Wildman–Crippen MR) is 113 cm³/mol. The lowest BCUT2D eigenvalue weighted by Crippen LogP contribution is -2.30. The molecule has 0 aliphatic heterocycles. The molecule has 0 radical (unpaired) electrons. The van der Waals surface area contributed by atoms with Crippen molar-refractivity contribution < 1.29 is 30.8 Å². The van der Waals surface area contributed by atoms with E-state index in [4.69, 9.17) is 0 Å². The molecule has 0 bridgehead atoms. The van der Waals surface area contributed by atoms with Gasteiger partial charge in [0, 0.05) is 11.3 Å². The van der Waals surface area contributed by atoms with Gasteiger partial charge in [-0.25, -0.2) is 12.8 Å². The van der Waals surface area contributed by atoms with Crippen LogP contribution in [0.5, 0.6) is 0 Å². The van der Waals surface area contributed by atoms with Gasteiger partial charge in [0.1, 0.15) is 5.82 Å². The molecule has 3 atom stereocenters. The van der Waals surface area contributed by atoms with E-state index in [1.807, 2.05) is 0 Å². The molecule has 1 saturated carbocycles. The molecule has 0 heterocycles. The van der Waals surface area contributed by atoms with Crippen LogP contribution in [0.3, 0.4) is 0 Å². The van der Waals surface area contributed by atoms with Crippen LogP contribution in [-0.4, -0.2) is 20.6 Å². The molecule has 2 N–H and O–H groups in total. The molecule has 2 aromatic carbocycles. The van der Waals surface area contributed by atoms with Crippen LogP contribution in [0.1, 0.15) is 48.6 Å². The van der Waals surface area contributed by atoms with Gasteiger partial charge >= 0.3 is 6.18 Å². The SMILES string of the molecule is Cc1cc(C(C)NC(=O)C2CC2(C)c2ccc(C(F)(F)F)c(F)c2)ccc1NS(C)(=O)=O. The predicted octanol–water partition coefficient (Wildman–Crippen LogP) is 4.68. The minimum Gasteiger partial charge on any atom is -0.349 e. The molecule has 1 aliphatic rings. The van der Waals surface area contributed by atoms with Gasteiger partial charge in [-0.15, -0.1) is 0 Å². The van der Waals surface area contributed by atoms with Crippen molar-refractivity contribution in [2.45, 2.75) is 44.8 Å². The van der Waals surface area contributed by atoms with Crippen LogP contribution >= 0.6 is 0 Å². The Kier molecular flexibility index (Phi) is 6.05. The number of sulfonamides is 1. The van der Waals surface area contributed by atoms with E-state index in [9.17, 15) is 30.8 Å². The fraction of sp³-hybridized carbons (Fsp3) is 0.409. The molecule has 3 rings (SSSR count). The lowest BCUT2D eigenvalue weighted by molar-refractivity contribution is -0.140. The van der Waals surface area contributed by atoms with E-state index in [0.29, 0.717) is 29.3 Å². The number of rotatable bonds is 6. The number of hydrogen-bond donors (Lipinski definition) is 2. The topological polar surface area (TPSA) is 75.3 Å². The normalized spacial score (nSPS) is 21.7. The minimum atomic E-state index is -4.77. The Balaban J connectivity index is 1.70. The first-order valence-electron chi connectivity index (χ1n) is 9.88. The highest BCUT2D eigenvalue weighted by atomic mass is 32.2. The van der Waals surface area contributed by atoms with E-state index in [1.165, 1.54) is 6.07 Å². The standard InChI is InChI=1S/C22H24F4N2O3S/c1-12-9-14(5-8-19(12)28-32(4,30)31)13(2)27-20(29)17-11-21(17,3)15-6-7-16(18(23)10-15)22(24,25)26/h5-10,13,17,28H,11H2,1-4H3,(H,27,29). The highest BCUT2D eigenvalue weighted by Crippen LogP contribution is 2.54. The Hall–Kier alpha value is -2.62. The second kappa shape index (κ2) is 8.06. The first-order chi connectivity index (χ1) is 14.6. The fourth-order valence-electron chi connectivity index (χ4n) is 3.83. The maximum atomic E-state index is 14.0. The molecule has 0 saturated heterocycles. The van der Waals surface area contributed by atoms with Gasteiger partial charge < -0.3 is 5.32 Å². The molecule has 0 aromatic heterocycles. The zero-order valence-electron chi connectivity index (χ0n) is 18.0. The molecule has 1 fully saturated rings. The summed E-state index contributed by atoms with van der Waals surface area (Å²) in [6.45, 7) is 5.23. The van der Waals surface area contributed by atoms with Crippen molar-refractivity contribution in [2.75, 3.05) is 11.0 Å². The highest BCUT2D eigenvalue weighted by Gasteiger charge is 2.56. The summed E-state index contributed by atoms with van der Waals surface area (Å²) in [6.07, 6.45) is -3.32. The molecule has 3 unspecified atom stereocenters. The number of nitrogens with one attached hydrogen (secondary N) is 2. The Labute approximate surface area is 184 Å². The number of anilines is 1. The number of hydrogen-bond acceptors (Lipinski definition) is 3. The lowest BCUT2D eigenvalue weighted by atomic mass is 9.93. The number of carbonyl (C=O) groups is 1. The number of carbonyl (C=O) groups excluding carboxylic acids is 1. The van der Waals surface area contributed by atoms with E-state index in [-0.39, 0.29) is 11.9 Å². The Bertz CT molecular complexity index is 1160. The number of halogens is 4. The third kappa shape index (κ3) is 5.06. The van der Waals surface area contributed by atoms with Crippen LogP contribution in [-0.2, 0) is 26.4 Å². The van der Waals surface area contributed by atoms with Gasteiger partial charge in [-0.1, -0.05) is 25.1 Å². The molecule has 2 aromatic rings. The zero-order chi connectivity index (χ0) is 24.1. The van der Waals surface area contributed by atoms with Crippen molar-refractivity contribution in [1.29, 1.82) is 0 Å². The minimum absolute atomic E-state index is 0.281. The Morgan fingerprint density at radius 3 is 2.38 bits per heavy atom. The molecule has 10 heteroatoms. The van der Waals surface area contributed by atoms with Crippen LogP contribution < -0.4 is 10.0 Å². The van der Waals surface area contributed by atoms with Crippen LogP contribution in [0.2, 0.25) is 0 Å². The van der Waals surface area contributed by atoms with Gasteiger partial charge in [0.2, 0.25) is 15.9 Å². The summed E-state index contributed by atoms with van der Waals surface area (Å²) in [5.74, 6) is -2.13. The summed E-state index contributed by atoms with van der Waals surface area (Å²) in [4.78, 5) is 12.8. The van der Waals surface area contributed by atoms with Crippen molar-refractivity contribution >= 4 is 21.6 Å². The monoisotopic (exact) mass is 472 g/mol. The van der Waals surface area contributed by atoms with Gasteiger partial charge in [0.25, 0.3) is 0 Å². The van der Waals surface area contributed by atoms with Crippen molar-refractivity contribution in [1.82, 2.24) is 5.32 Å². The van der Waals surface area contributed by atoms with E-state index in [0.717, 1.165) is 17.9 Å². The highest BCUT2D eigenvalue weighted by molar-refractivity contribution is 7.92. The Morgan fingerprint density at radius 1 is 1.19 bits per heavy atom. The van der Waals surface area contributed by atoms with E-state index in [2.05, 4.69) is 10.0 Å². The summed E-state index contributed by atoms with van der Waals surface area (Å²) in [6, 6.07) is 7.47. The molecule has 5 nitrogen and oxygen atoms in total. The molecule has 1 amide bonds. The molecule has 174 valence electrons. The summed E-state index contributed by atoms with van der Waals surface area (Å²) >= 11 is 0. The number of amides is 1. The summed E-state index contributed by atoms with van der Waals surface area (Å²) in [7, 11) is -3.42. The van der Waals surface area contributed by atoms with Gasteiger partial charge in [0.05, 0.1) is 23.5 Å². The van der Waals surface area contributed by atoms with Crippen molar-refractivity contribution in [3.8, 4) is 0 Å². The first-order valence-corrected chi connectivity index (χ1v) is 11.8.